The molecule has 0 bridgehead atoms. The molecule has 2 aromatic heterocycles. The molecule has 0 fully saturated rings. The molecular weight excluding hydrogens is 380 g/mol. The summed E-state index contributed by atoms with van der Waals surface area (Å²) in [6.07, 6.45) is 0.499. The monoisotopic (exact) mass is 398 g/mol. The van der Waals surface area contributed by atoms with Gasteiger partial charge in [-0.15, -0.1) is 11.3 Å². The summed E-state index contributed by atoms with van der Waals surface area (Å²) in [7, 11) is 0. The molecule has 1 atom stereocenters. The molecule has 1 amide bonds. The molecule has 4 N–H and O–H groups in total. The molecule has 2 aromatic rings. The standard InChI is InChI=1S/C15H18N4O5S2/c1-15(2,3)24-14(22)19-7(13(20)21)4-10-17-9(6-26-10)12-18-8(5-23-12)11(16)25/h5-7H,4H2,1-3H3,(H2,16,25)(H,19,22)(H,20,21). The van der Waals surface area contributed by atoms with Crippen molar-refractivity contribution in [3.05, 3.63) is 22.3 Å². The van der Waals surface area contributed by atoms with Crippen molar-refractivity contribution in [3.63, 3.8) is 0 Å². The zero-order valence-corrected chi connectivity index (χ0v) is 15.9. The minimum atomic E-state index is -1.19. The highest BCUT2D eigenvalue weighted by atomic mass is 32.1. The Kier molecular flexibility index (Phi) is 5.93. The molecule has 140 valence electrons. The van der Waals surface area contributed by atoms with Crippen LogP contribution < -0.4 is 11.1 Å². The van der Waals surface area contributed by atoms with Crippen molar-refractivity contribution in [2.75, 3.05) is 0 Å². The van der Waals surface area contributed by atoms with E-state index in [1.54, 1.807) is 26.2 Å². The van der Waals surface area contributed by atoms with Crippen LogP contribution in [0.2, 0.25) is 0 Å². The van der Waals surface area contributed by atoms with Gasteiger partial charge in [0.25, 0.3) is 0 Å². The topological polar surface area (TPSA) is 141 Å². The number of nitrogens with two attached hydrogens (primary N) is 1. The number of carbonyl (C=O) groups excluding carboxylic acids is 1. The second-order valence-corrected chi connectivity index (χ2v) is 7.65. The molecule has 11 heteroatoms. The van der Waals surface area contributed by atoms with E-state index in [1.165, 1.54) is 17.6 Å². The average Bonchev–Trinajstić information content (AvgIpc) is 3.12. The van der Waals surface area contributed by atoms with Gasteiger partial charge in [-0.3, -0.25) is 0 Å². The quantitative estimate of drug-likeness (QED) is 0.623. The molecule has 0 aliphatic rings. The number of hydrogen-bond acceptors (Lipinski definition) is 8. The van der Waals surface area contributed by atoms with Crippen molar-refractivity contribution in [1.29, 1.82) is 0 Å². The first-order chi connectivity index (χ1) is 12.0. The molecule has 0 aliphatic heterocycles. The predicted octanol–water partition coefficient (Wildman–Crippen LogP) is 1.95. The van der Waals surface area contributed by atoms with Crippen molar-refractivity contribution in [2.45, 2.75) is 38.8 Å². The summed E-state index contributed by atoms with van der Waals surface area (Å²) in [6, 6.07) is -1.18. The molecule has 0 aliphatic carbocycles. The molecule has 0 radical (unpaired) electrons. The summed E-state index contributed by atoms with van der Waals surface area (Å²) in [6.45, 7) is 5.06. The second-order valence-electron chi connectivity index (χ2n) is 6.27. The summed E-state index contributed by atoms with van der Waals surface area (Å²) < 4.78 is 10.3. The largest absolute Gasteiger partial charge is 0.480 e. The first kappa shape index (κ1) is 19.8. The molecule has 0 saturated heterocycles. The third kappa shape index (κ3) is 5.49. The highest BCUT2D eigenvalue weighted by Gasteiger charge is 2.25. The van der Waals surface area contributed by atoms with Gasteiger partial charge in [-0.05, 0) is 20.8 Å². The summed E-state index contributed by atoms with van der Waals surface area (Å²) >= 11 is 6.03. The Morgan fingerprint density at radius 1 is 1.46 bits per heavy atom. The Morgan fingerprint density at radius 3 is 2.69 bits per heavy atom. The van der Waals surface area contributed by atoms with Gasteiger partial charge in [-0.2, -0.15) is 0 Å². The van der Waals surface area contributed by atoms with Crippen molar-refractivity contribution in [1.82, 2.24) is 15.3 Å². The van der Waals surface area contributed by atoms with E-state index in [0.717, 1.165) is 0 Å². The Hall–Kier alpha value is -2.53. The Morgan fingerprint density at radius 2 is 2.15 bits per heavy atom. The lowest BCUT2D eigenvalue weighted by Crippen LogP contribution is -2.44. The lowest BCUT2D eigenvalue weighted by Gasteiger charge is -2.21. The molecule has 0 saturated carbocycles. The highest BCUT2D eigenvalue weighted by Crippen LogP contribution is 2.22. The third-order valence-electron chi connectivity index (χ3n) is 2.90. The maximum Gasteiger partial charge on any atom is 0.408 e. The number of carboxylic acids is 1. The number of oxazole rings is 1. The van der Waals surface area contributed by atoms with E-state index in [4.69, 9.17) is 27.1 Å². The highest BCUT2D eigenvalue weighted by molar-refractivity contribution is 7.80. The van der Waals surface area contributed by atoms with E-state index in [9.17, 15) is 14.7 Å². The summed E-state index contributed by atoms with van der Waals surface area (Å²) in [5.74, 6) is -0.971. The van der Waals surface area contributed by atoms with Crippen LogP contribution in [0.15, 0.2) is 16.1 Å². The fourth-order valence-corrected chi connectivity index (χ4v) is 2.74. The third-order valence-corrected chi connectivity index (χ3v) is 3.98. The van der Waals surface area contributed by atoms with E-state index >= 15 is 0 Å². The molecule has 1 unspecified atom stereocenters. The zero-order chi connectivity index (χ0) is 19.5. The molecular formula is C15H18N4O5S2. The summed E-state index contributed by atoms with van der Waals surface area (Å²) in [5, 5.41) is 13.8. The maximum absolute atomic E-state index is 11.8. The number of ether oxygens (including phenoxy) is 1. The number of thiazole rings is 1. The molecule has 2 rings (SSSR count). The Balaban J connectivity index is 2.07. The predicted molar refractivity (Wildman–Crippen MR) is 98.0 cm³/mol. The van der Waals surface area contributed by atoms with Gasteiger partial charge in [0.05, 0.1) is 5.01 Å². The van der Waals surface area contributed by atoms with E-state index in [0.29, 0.717) is 16.4 Å². The van der Waals surface area contributed by atoms with Crippen molar-refractivity contribution >= 4 is 40.6 Å². The molecule has 0 aromatic carbocycles. The van der Waals surface area contributed by atoms with Crippen LogP contribution >= 0.6 is 23.6 Å². The number of carbonyl (C=O) groups is 2. The molecule has 0 spiro atoms. The number of alkyl carbamates (subject to hydrolysis) is 1. The van der Waals surface area contributed by atoms with Crippen LogP contribution in [0.25, 0.3) is 11.6 Å². The van der Waals surface area contributed by atoms with E-state index in [1.807, 2.05) is 0 Å². The number of rotatable bonds is 6. The zero-order valence-electron chi connectivity index (χ0n) is 14.3. The van der Waals surface area contributed by atoms with Gasteiger partial charge in [-0.1, -0.05) is 12.2 Å². The SMILES string of the molecule is CC(C)(C)OC(=O)NC(Cc1nc(-c2nc(C(N)=S)co2)cs1)C(=O)O. The number of nitrogens with one attached hydrogen (secondary N) is 1. The molecule has 2 heterocycles. The number of amides is 1. The van der Waals surface area contributed by atoms with Crippen LogP contribution in [0, 0.1) is 0 Å². The van der Waals surface area contributed by atoms with E-state index < -0.39 is 23.7 Å². The van der Waals surface area contributed by atoms with Crippen LogP contribution in [-0.4, -0.2) is 43.8 Å². The smallest absolute Gasteiger partial charge is 0.408 e. The van der Waals surface area contributed by atoms with Crippen LogP contribution in [0.1, 0.15) is 31.5 Å². The molecule has 26 heavy (non-hydrogen) atoms. The number of nitrogens with zero attached hydrogens (tertiary/aromatic N) is 2. The fraction of sp³-hybridized carbons (Fsp3) is 0.400. The van der Waals surface area contributed by atoms with Crippen molar-refractivity contribution < 1.29 is 23.8 Å². The molecule has 9 nitrogen and oxygen atoms in total. The first-order valence-electron chi connectivity index (χ1n) is 7.47. The van der Waals surface area contributed by atoms with Gasteiger partial charge >= 0.3 is 12.1 Å². The maximum atomic E-state index is 11.8. The normalized spacial score (nSPS) is 12.4. The number of hydrogen-bond donors (Lipinski definition) is 3. The lowest BCUT2D eigenvalue weighted by molar-refractivity contribution is -0.139. The minimum absolute atomic E-state index is 0.0118. The van der Waals surface area contributed by atoms with Crippen LogP contribution in [0.4, 0.5) is 4.79 Å². The van der Waals surface area contributed by atoms with Crippen LogP contribution in [-0.2, 0) is 16.0 Å². The lowest BCUT2D eigenvalue weighted by atomic mass is 10.2. The average molecular weight is 398 g/mol. The van der Waals surface area contributed by atoms with Gasteiger partial charge in [0.2, 0.25) is 5.89 Å². The number of aromatic nitrogens is 2. The summed E-state index contributed by atoms with van der Waals surface area (Å²) in [4.78, 5) is 31.7. The van der Waals surface area contributed by atoms with Gasteiger partial charge in [0.15, 0.2) is 0 Å². The fourth-order valence-electron chi connectivity index (χ4n) is 1.83. The van der Waals surface area contributed by atoms with Crippen molar-refractivity contribution in [3.8, 4) is 11.6 Å². The van der Waals surface area contributed by atoms with Crippen molar-refractivity contribution in [2.24, 2.45) is 5.73 Å². The van der Waals surface area contributed by atoms with Gasteiger partial charge in [-0.25, -0.2) is 19.6 Å². The number of carboxylic acid groups (broad SMARTS) is 1. The second kappa shape index (κ2) is 7.79. The van der Waals surface area contributed by atoms with Gasteiger partial charge < -0.3 is 25.3 Å². The minimum Gasteiger partial charge on any atom is -0.480 e. The number of thiocarbonyl (C=S) groups is 1. The van der Waals surface area contributed by atoms with Crippen LogP contribution in [0.5, 0.6) is 0 Å². The van der Waals surface area contributed by atoms with E-state index in [2.05, 4.69) is 15.3 Å². The Labute approximate surface area is 158 Å². The van der Waals surface area contributed by atoms with E-state index in [-0.39, 0.29) is 17.3 Å². The van der Waals surface area contributed by atoms with Gasteiger partial charge in [0.1, 0.15) is 34.3 Å². The summed E-state index contributed by atoms with van der Waals surface area (Å²) in [5.41, 5.74) is 5.50. The Bertz CT molecular complexity index is 824. The van der Waals surface area contributed by atoms with Gasteiger partial charge in [0, 0.05) is 11.8 Å². The first-order valence-corrected chi connectivity index (χ1v) is 8.76. The number of aliphatic carboxylic acids is 1. The van der Waals surface area contributed by atoms with Crippen LogP contribution in [0.3, 0.4) is 0 Å².